The second-order valence-electron chi connectivity index (χ2n) is 8.37. The number of nitrogens with one attached hydrogen (secondary N) is 2. The summed E-state index contributed by atoms with van der Waals surface area (Å²) in [7, 11) is 0. The molecule has 1 aliphatic heterocycles. The van der Waals surface area contributed by atoms with Gasteiger partial charge in [-0.2, -0.15) is 0 Å². The van der Waals surface area contributed by atoms with Crippen molar-refractivity contribution in [3.05, 3.63) is 80.8 Å². The van der Waals surface area contributed by atoms with E-state index in [1.165, 1.54) is 12.1 Å². The second kappa shape index (κ2) is 10.1. The van der Waals surface area contributed by atoms with E-state index < -0.39 is 5.82 Å². The van der Waals surface area contributed by atoms with Crippen LogP contribution >= 0.6 is 37.2 Å². The van der Waals surface area contributed by atoms with Crippen LogP contribution < -0.4 is 10.9 Å². The third-order valence-corrected chi connectivity index (χ3v) is 6.05. The lowest BCUT2D eigenvalue weighted by molar-refractivity contribution is 0.0941. The second-order valence-corrected chi connectivity index (χ2v) is 8.37. The van der Waals surface area contributed by atoms with Crippen LogP contribution in [0.2, 0.25) is 0 Å². The molecule has 4 nitrogen and oxygen atoms in total. The molecule has 2 saturated carbocycles. The Labute approximate surface area is 207 Å². The molecule has 0 radical (unpaired) electrons. The lowest BCUT2D eigenvalue weighted by Crippen LogP contribution is -2.32. The number of halogens is 4. The molecule has 168 valence electrons. The number of carbonyl (C=O) groups is 1. The van der Waals surface area contributed by atoms with Gasteiger partial charge >= 0.3 is 0 Å². The highest BCUT2D eigenvalue weighted by Gasteiger charge is 2.28. The Morgan fingerprint density at radius 2 is 1.50 bits per heavy atom. The van der Waals surface area contributed by atoms with Crippen molar-refractivity contribution in [3.63, 3.8) is 0 Å². The number of fused-ring (bicyclic) bond motifs is 2. The minimum absolute atomic E-state index is 0.168. The van der Waals surface area contributed by atoms with Crippen molar-refractivity contribution in [2.24, 2.45) is 0 Å². The first-order valence-electron chi connectivity index (χ1n) is 10.6. The van der Waals surface area contributed by atoms with Crippen molar-refractivity contribution in [2.45, 2.75) is 43.9 Å². The molecule has 0 atom stereocenters. The van der Waals surface area contributed by atoms with E-state index in [4.69, 9.17) is 0 Å². The first-order chi connectivity index (χ1) is 15.5. The molecule has 0 unspecified atom stereocenters. The third-order valence-electron chi connectivity index (χ3n) is 6.05. The van der Waals surface area contributed by atoms with Crippen molar-refractivity contribution in [1.29, 1.82) is 0 Å². The van der Waals surface area contributed by atoms with Gasteiger partial charge in [-0.25, -0.2) is 8.78 Å². The number of rotatable bonds is 2. The molecule has 0 saturated heterocycles. The van der Waals surface area contributed by atoms with Crippen LogP contribution in [0.3, 0.4) is 0 Å². The van der Waals surface area contributed by atoms with Crippen molar-refractivity contribution in [2.75, 3.05) is 6.54 Å². The summed E-state index contributed by atoms with van der Waals surface area (Å²) in [4.78, 5) is 25.3. The predicted octanol–water partition coefficient (Wildman–Crippen LogP) is 6.31. The predicted molar refractivity (Wildman–Crippen MR) is 139 cm³/mol. The SMILES string of the molecule is II.O=C1NCCc2cc(C3CC3)cc(F)c21.O=c1[nH]ccc2cc(C3CC3)cc(F)c12. The van der Waals surface area contributed by atoms with Crippen LogP contribution in [-0.2, 0) is 6.42 Å². The van der Waals surface area contributed by atoms with E-state index in [0.29, 0.717) is 23.8 Å². The van der Waals surface area contributed by atoms with Crippen molar-refractivity contribution < 1.29 is 13.6 Å². The van der Waals surface area contributed by atoms with E-state index in [9.17, 15) is 18.4 Å². The maximum atomic E-state index is 13.7. The van der Waals surface area contributed by atoms with Crippen molar-refractivity contribution >= 4 is 53.9 Å². The maximum absolute atomic E-state index is 13.7. The van der Waals surface area contributed by atoms with Gasteiger partial charge in [0.2, 0.25) is 0 Å². The number of hydrogen-bond donors (Lipinski definition) is 2. The van der Waals surface area contributed by atoms with Crippen LogP contribution in [0.4, 0.5) is 8.78 Å². The Morgan fingerprint density at radius 1 is 0.875 bits per heavy atom. The van der Waals surface area contributed by atoms with Gasteiger partial charge < -0.3 is 10.3 Å². The first-order valence-corrected chi connectivity index (χ1v) is 16.9. The van der Waals surface area contributed by atoms with Crippen LogP contribution in [0.1, 0.15) is 64.6 Å². The maximum Gasteiger partial charge on any atom is 0.258 e. The molecule has 8 heteroatoms. The molecule has 1 aromatic heterocycles. The number of hydrogen-bond acceptors (Lipinski definition) is 2. The number of amides is 1. The molecule has 3 aromatic rings. The minimum Gasteiger partial charge on any atom is -0.352 e. The third kappa shape index (κ3) is 5.16. The average molecular weight is 662 g/mol. The van der Waals surface area contributed by atoms with Gasteiger partial charge in [0.05, 0.1) is 10.9 Å². The average Bonchev–Trinajstić information content (AvgIpc) is 3.68. The van der Waals surface area contributed by atoms with Crippen LogP contribution in [-0.4, -0.2) is 17.4 Å². The fourth-order valence-corrected chi connectivity index (χ4v) is 4.14. The molecule has 6 rings (SSSR count). The summed E-state index contributed by atoms with van der Waals surface area (Å²) in [6.45, 7) is 0.624. The van der Waals surface area contributed by atoms with E-state index >= 15 is 0 Å². The van der Waals surface area contributed by atoms with E-state index in [1.54, 1.807) is 12.3 Å². The molecule has 0 bridgehead atoms. The Hall–Kier alpha value is -1.56. The summed E-state index contributed by atoms with van der Waals surface area (Å²) in [6, 6.07) is 8.70. The number of aromatic amines is 1. The van der Waals surface area contributed by atoms with Gasteiger partial charge in [0.15, 0.2) is 0 Å². The summed E-state index contributed by atoms with van der Waals surface area (Å²) in [6.07, 6.45) is 6.89. The number of aromatic nitrogens is 1. The van der Waals surface area contributed by atoms with Crippen molar-refractivity contribution in [3.8, 4) is 0 Å². The molecule has 0 spiro atoms. The fourth-order valence-electron chi connectivity index (χ4n) is 4.14. The molecule has 2 heterocycles. The summed E-state index contributed by atoms with van der Waals surface area (Å²) < 4.78 is 27.4. The molecule has 32 heavy (non-hydrogen) atoms. The standard InChI is InChI=1S/C12H12FNO.C12H10FNO.I2/c2*13-10-6-9(7-1-2-7)5-8-3-4-14-12(15)11(8)10;1-2/h5-7H,1-4H2,(H,14,15);3-7H,1-2H2,(H,14,15);. The minimum atomic E-state index is -0.406. The first kappa shape index (κ1) is 23.6. The van der Waals surface area contributed by atoms with Crippen LogP contribution in [0, 0.1) is 11.6 Å². The van der Waals surface area contributed by atoms with Gasteiger partial charge in [0.25, 0.3) is 11.5 Å². The molecular formula is C24H22F2I2N2O2. The van der Waals surface area contributed by atoms with Crippen LogP contribution in [0.25, 0.3) is 10.8 Å². The largest absolute Gasteiger partial charge is 0.352 e. The molecule has 1 amide bonds. The van der Waals surface area contributed by atoms with Gasteiger partial charge in [-0.15, -0.1) is 0 Å². The highest BCUT2D eigenvalue weighted by atomic mass is 128. The van der Waals surface area contributed by atoms with Gasteiger partial charge in [-0.1, -0.05) is 12.1 Å². The van der Waals surface area contributed by atoms with E-state index in [-0.39, 0.29) is 28.2 Å². The number of pyridine rings is 1. The Balaban J connectivity index is 0.000000142. The van der Waals surface area contributed by atoms with Crippen LogP contribution in [0.15, 0.2) is 41.3 Å². The zero-order chi connectivity index (χ0) is 22.8. The quantitative estimate of drug-likeness (QED) is 0.317. The summed E-state index contributed by atoms with van der Waals surface area (Å²) >= 11 is 4.24. The number of benzene rings is 2. The molecule has 2 aromatic carbocycles. The topological polar surface area (TPSA) is 62.0 Å². The van der Waals surface area contributed by atoms with Gasteiger partial charge in [-0.3, -0.25) is 9.59 Å². The Bertz CT molecular complexity index is 1220. The molecule has 2 aliphatic carbocycles. The smallest absolute Gasteiger partial charge is 0.258 e. The molecular weight excluding hydrogens is 640 g/mol. The highest BCUT2D eigenvalue weighted by molar-refractivity contribution is 15.0. The molecule has 3 aliphatic rings. The summed E-state index contributed by atoms with van der Waals surface area (Å²) in [5, 5.41) is 3.53. The lowest BCUT2D eigenvalue weighted by Gasteiger charge is -2.18. The summed E-state index contributed by atoms with van der Waals surface area (Å²) in [5.74, 6) is 0.0110. The van der Waals surface area contributed by atoms with E-state index in [2.05, 4.69) is 47.5 Å². The Morgan fingerprint density at radius 3 is 2.16 bits per heavy atom. The van der Waals surface area contributed by atoms with Crippen molar-refractivity contribution in [1.82, 2.24) is 10.3 Å². The van der Waals surface area contributed by atoms with Gasteiger partial charge in [0, 0.05) is 50.0 Å². The van der Waals surface area contributed by atoms with Gasteiger partial charge in [-0.05, 0) is 84.2 Å². The van der Waals surface area contributed by atoms with E-state index in [0.717, 1.165) is 48.8 Å². The van der Waals surface area contributed by atoms with Crippen LogP contribution in [0.5, 0.6) is 0 Å². The number of carbonyl (C=O) groups excluding carboxylic acids is 1. The zero-order valence-electron chi connectivity index (χ0n) is 17.2. The monoisotopic (exact) mass is 662 g/mol. The zero-order valence-corrected chi connectivity index (χ0v) is 21.5. The molecule has 2 fully saturated rings. The van der Waals surface area contributed by atoms with E-state index in [1.807, 2.05) is 12.1 Å². The lowest BCUT2D eigenvalue weighted by atomic mass is 9.95. The fraction of sp³-hybridized carbons (Fsp3) is 0.333. The Kier molecular flexibility index (Phi) is 7.48. The summed E-state index contributed by atoms with van der Waals surface area (Å²) in [5.41, 5.74) is 2.87. The number of H-pyrrole nitrogens is 1. The van der Waals surface area contributed by atoms with Gasteiger partial charge in [0.1, 0.15) is 11.6 Å². The molecule has 2 N–H and O–H groups in total. The highest BCUT2D eigenvalue weighted by Crippen LogP contribution is 2.42. The normalized spacial score (nSPS) is 16.8.